The van der Waals surface area contributed by atoms with Gasteiger partial charge in [0.1, 0.15) is 5.71 Å². The van der Waals surface area contributed by atoms with Gasteiger partial charge in [0, 0.05) is 29.2 Å². The molecule has 1 aliphatic heterocycles. The van der Waals surface area contributed by atoms with Crippen LogP contribution in [0.4, 0.5) is 0 Å². The first kappa shape index (κ1) is 14.9. The Morgan fingerprint density at radius 2 is 2.25 bits per heavy atom. The van der Waals surface area contributed by atoms with Crippen LogP contribution in [-0.2, 0) is 9.59 Å². The molecule has 2 aliphatic rings. The number of likely N-dealkylation sites (N-methyl/N-ethyl adjacent to an activating group) is 1. The molecule has 2 atom stereocenters. The van der Waals surface area contributed by atoms with E-state index >= 15 is 0 Å². The largest absolute Gasteiger partial charge is 0.351 e. The van der Waals surface area contributed by atoms with Gasteiger partial charge < -0.3 is 15.5 Å². The molecule has 20 heavy (non-hydrogen) atoms. The smallest absolute Gasteiger partial charge is 0.269 e. The summed E-state index contributed by atoms with van der Waals surface area (Å²) in [7, 11) is 3.87. The van der Waals surface area contributed by atoms with Crippen LogP contribution in [0.2, 0.25) is 0 Å². The molecule has 2 rings (SSSR count). The number of fused-ring (bicyclic) bond motifs is 1. The molecule has 0 radical (unpaired) electrons. The summed E-state index contributed by atoms with van der Waals surface area (Å²) in [4.78, 5) is 25.3. The Labute approximate surface area is 125 Å². The highest BCUT2D eigenvalue weighted by Crippen LogP contribution is 2.32. The highest BCUT2D eigenvalue weighted by molar-refractivity contribution is 9.09. The molecule has 0 bridgehead atoms. The first-order valence-electron chi connectivity index (χ1n) is 6.30. The van der Waals surface area contributed by atoms with Gasteiger partial charge in [-0.2, -0.15) is 0 Å². The van der Waals surface area contributed by atoms with E-state index < -0.39 is 5.91 Å². The summed E-state index contributed by atoms with van der Waals surface area (Å²) >= 11 is 3.42. The van der Waals surface area contributed by atoms with Crippen LogP contribution in [0.15, 0.2) is 23.4 Å². The Morgan fingerprint density at radius 3 is 2.90 bits per heavy atom. The van der Waals surface area contributed by atoms with Crippen LogP contribution in [0.25, 0.3) is 0 Å². The molecule has 1 saturated heterocycles. The normalized spacial score (nSPS) is 25.0. The number of nitrogens with one attached hydrogen (secondary N) is 3. The Morgan fingerprint density at radius 1 is 1.55 bits per heavy atom. The van der Waals surface area contributed by atoms with Gasteiger partial charge in [-0.25, -0.2) is 0 Å². The van der Waals surface area contributed by atoms with E-state index in [4.69, 9.17) is 5.41 Å². The average Bonchev–Trinajstić information content (AvgIpc) is 2.64. The number of nitrogens with zero attached hydrogens (tertiary/aromatic N) is 1. The Bertz CT molecular complexity index is 524. The van der Waals surface area contributed by atoms with E-state index in [9.17, 15) is 9.59 Å². The van der Waals surface area contributed by atoms with Gasteiger partial charge in [-0.15, -0.1) is 0 Å². The average molecular weight is 341 g/mol. The van der Waals surface area contributed by atoms with Crippen LogP contribution >= 0.6 is 15.9 Å². The van der Waals surface area contributed by atoms with E-state index in [2.05, 4.69) is 26.6 Å². The Hall–Kier alpha value is -1.47. The fraction of sp³-hybridized carbons (Fsp3) is 0.462. The summed E-state index contributed by atoms with van der Waals surface area (Å²) in [6.07, 6.45) is 3.39. The summed E-state index contributed by atoms with van der Waals surface area (Å²) in [5, 5.41) is 13.2. The van der Waals surface area contributed by atoms with Gasteiger partial charge in [0.05, 0.1) is 5.92 Å². The van der Waals surface area contributed by atoms with E-state index in [-0.39, 0.29) is 22.4 Å². The van der Waals surface area contributed by atoms with Gasteiger partial charge in [-0.1, -0.05) is 22.0 Å². The predicted molar refractivity (Wildman–Crippen MR) is 79.8 cm³/mol. The second-order valence-electron chi connectivity index (χ2n) is 5.07. The lowest BCUT2D eigenvalue weighted by molar-refractivity contribution is -0.117. The Balaban J connectivity index is 2.05. The maximum absolute atomic E-state index is 12.0. The summed E-state index contributed by atoms with van der Waals surface area (Å²) < 4.78 is 0. The van der Waals surface area contributed by atoms with Crippen LogP contribution in [0.3, 0.4) is 0 Å². The molecule has 0 aromatic carbocycles. The van der Waals surface area contributed by atoms with Crippen LogP contribution < -0.4 is 10.6 Å². The lowest BCUT2D eigenvalue weighted by atomic mass is 9.91. The van der Waals surface area contributed by atoms with Crippen molar-refractivity contribution in [1.82, 2.24) is 15.5 Å². The maximum atomic E-state index is 12.0. The van der Waals surface area contributed by atoms with E-state index in [0.29, 0.717) is 17.8 Å². The molecule has 7 heteroatoms. The lowest BCUT2D eigenvalue weighted by Crippen LogP contribution is -2.33. The van der Waals surface area contributed by atoms with Crippen molar-refractivity contribution < 1.29 is 9.59 Å². The van der Waals surface area contributed by atoms with Crippen LogP contribution in [-0.4, -0.2) is 54.4 Å². The Kier molecular flexibility index (Phi) is 4.39. The van der Waals surface area contributed by atoms with Crippen molar-refractivity contribution in [2.24, 2.45) is 5.92 Å². The van der Waals surface area contributed by atoms with Crippen molar-refractivity contribution in [1.29, 1.82) is 5.41 Å². The van der Waals surface area contributed by atoms with Crippen molar-refractivity contribution in [3.8, 4) is 0 Å². The zero-order valence-corrected chi connectivity index (χ0v) is 13.0. The molecule has 108 valence electrons. The number of carbonyl (C=O) groups excluding carboxylic acids is 2. The minimum atomic E-state index is -0.395. The molecule has 1 aliphatic carbocycles. The SMILES string of the molecule is CN(C)CCNC(=O)C1=CC(Br)C2C(=N)C(=O)NC2=C1. The van der Waals surface area contributed by atoms with Crippen LogP contribution in [0.5, 0.6) is 0 Å². The molecule has 6 nitrogen and oxygen atoms in total. The van der Waals surface area contributed by atoms with E-state index in [1.807, 2.05) is 19.0 Å². The number of amides is 2. The van der Waals surface area contributed by atoms with Gasteiger partial charge in [-0.05, 0) is 20.2 Å². The van der Waals surface area contributed by atoms with E-state index in [1.165, 1.54) is 0 Å². The molecular weight excluding hydrogens is 324 g/mol. The number of allylic oxidation sites excluding steroid dienone is 2. The van der Waals surface area contributed by atoms with Crippen molar-refractivity contribution in [3.63, 3.8) is 0 Å². The molecule has 0 aromatic heterocycles. The monoisotopic (exact) mass is 340 g/mol. The molecule has 1 fully saturated rings. The molecule has 2 amide bonds. The van der Waals surface area contributed by atoms with Crippen LogP contribution in [0.1, 0.15) is 0 Å². The third-order valence-electron chi connectivity index (χ3n) is 3.22. The minimum Gasteiger partial charge on any atom is -0.351 e. The molecule has 0 spiro atoms. The molecule has 1 heterocycles. The fourth-order valence-corrected chi connectivity index (χ4v) is 2.98. The fourth-order valence-electron chi connectivity index (χ4n) is 2.15. The number of alkyl halides is 1. The predicted octanol–water partition coefficient (Wildman–Crippen LogP) is 0.0174. The number of rotatable bonds is 4. The number of hydrogen-bond acceptors (Lipinski definition) is 4. The minimum absolute atomic E-state index is 0.0291. The summed E-state index contributed by atoms with van der Waals surface area (Å²) in [5.41, 5.74) is 1.15. The second kappa shape index (κ2) is 5.88. The van der Waals surface area contributed by atoms with Crippen LogP contribution in [0, 0.1) is 11.3 Å². The number of halogens is 1. The van der Waals surface area contributed by atoms with Gasteiger partial charge in [-0.3, -0.25) is 15.0 Å². The first-order chi connectivity index (χ1) is 9.40. The van der Waals surface area contributed by atoms with E-state index in [0.717, 1.165) is 6.54 Å². The highest BCUT2D eigenvalue weighted by atomic mass is 79.9. The van der Waals surface area contributed by atoms with Gasteiger partial charge in [0.15, 0.2) is 0 Å². The maximum Gasteiger partial charge on any atom is 0.269 e. The van der Waals surface area contributed by atoms with Crippen molar-refractivity contribution >= 4 is 33.5 Å². The second-order valence-corrected chi connectivity index (χ2v) is 6.13. The van der Waals surface area contributed by atoms with Crippen molar-refractivity contribution in [2.45, 2.75) is 4.83 Å². The summed E-state index contributed by atoms with van der Waals surface area (Å²) in [5.74, 6) is -0.885. The van der Waals surface area contributed by atoms with Gasteiger partial charge >= 0.3 is 0 Å². The zero-order valence-electron chi connectivity index (χ0n) is 11.4. The molecule has 0 saturated carbocycles. The quantitative estimate of drug-likeness (QED) is 0.630. The van der Waals surface area contributed by atoms with Gasteiger partial charge in [0.25, 0.3) is 11.8 Å². The third kappa shape index (κ3) is 2.99. The summed E-state index contributed by atoms with van der Waals surface area (Å²) in [6, 6.07) is 0. The number of carbonyl (C=O) groups is 2. The molecule has 0 aromatic rings. The summed E-state index contributed by atoms with van der Waals surface area (Å²) in [6.45, 7) is 1.32. The molecule has 2 unspecified atom stereocenters. The van der Waals surface area contributed by atoms with Crippen molar-refractivity contribution in [2.75, 3.05) is 27.2 Å². The lowest BCUT2D eigenvalue weighted by Gasteiger charge is -2.20. The first-order valence-corrected chi connectivity index (χ1v) is 7.22. The zero-order chi connectivity index (χ0) is 14.9. The third-order valence-corrected chi connectivity index (χ3v) is 4.02. The van der Waals surface area contributed by atoms with E-state index in [1.54, 1.807) is 12.2 Å². The van der Waals surface area contributed by atoms with Crippen molar-refractivity contribution in [3.05, 3.63) is 23.4 Å². The molecular formula is C13H17BrN4O2. The highest BCUT2D eigenvalue weighted by Gasteiger charge is 2.40. The standard InChI is InChI=1S/C13H17BrN4O2/c1-18(2)4-3-16-12(19)7-5-8(14)10-9(6-7)17-13(20)11(10)15/h5-6,8,10,15H,3-4H2,1-2H3,(H,16,19)(H,17,20). The topological polar surface area (TPSA) is 85.3 Å². The molecule has 3 N–H and O–H groups in total. The van der Waals surface area contributed by atoms with Gasteiger partial charge in [0.2, 0.25) is 0 Å². The number of hydrogen-bond donors (Lipinski definition) is 3.